The van der Waals surface area contributed by atoms with Crippen LogP contribution in [0.15, 0.2) is 66.4 Å². The zero-order valence-corrected chi connectivity index (χ0v) is 17.5. The van der Waals surface area contributed by atoms with Crippen molar-refractivity contribution in [2.45, 2.75) is 13.8 Å². The topological polar surface area (TPSA) is 90.9 Å². The molecule has 2 rings (SSSR count). The van der Waals surface area contributed by atoms with Crippen molar-refractivity contribution in [1.29, 1.82) is 0 Å². The number of hydrogen-bond acceptors (Lipinski definition) is 6. The SMILES string of the molecule is CCOP(=O)(OCC)C(=C(NC(=O)c1ccccc1)C(=O)OC)c1ccccc1. The van der Waals surface area contributed by atoms with Crippen LogP contribution >= 0.6 is 7.60 Å². The Bertz CT molecular complexity index is 901. The van der Waals surface area contributed by atoms with Crippen molar-refractivity contribution in [2.75, 3.05) is 20.3 Å². The van der Waals surface area contributed by atoms with Crippen LogP contribution in [-0.2, 0) is 23.1 Å². The van der Waals surface area contributed by atoms with Crippen LogP contribution in [0.5, 0.6) is 0 Å². The molecule has 0 atom stereocenters. The third-order valence-corrected chi connectivity index (χ3v) is 6.05. The predicted molar refractivity (Wildman–Crippen MR) is 110 cm³/mol. The number of esters is 1. The second-order valence-electron chi connectivity index (χ2n) is 5.73. The summed E-state index contributed by atoms with van der Waals surface area (Å²) in [6.07, 6.45) is 0. The van der Waals surface area contributed by atoms with Gasteiger partial charge in [-0.3, -0.25) is 9.36 Å². The number of rotatable bonds is 9. The molecule has 0 aliphatic heterocycles. The summed E-state index contributed by atoms with van der Waals surface area (Å²) in [5.74, 6) is -1.42. The zero-order chi connectivity index (χ0) is 21.3. The van der Waals surface area contributed by atoms with E-state index in [9.17, 15) is 14.2 Å². The lowest BCUT2D eigenvalue weighted by atomic mass is 10.1. The van der Waals surface area contributed by atoms with Gasteiger partial charge >= 0.3 is 13.6 Å². The molecule has 0 fully saturated rings. The molecule has 0 aromatic heterocycles. The normalized spacial score (nSPS) is 12.1. The summed E-state index contributed by atoms with van der Waals surface area (Å²) < 4.78 is 29.4. The van der Waals surface area contributed by atoms with Gasteiger partial charge in [0, 0.05) is 5.56 Å². The molecule has 1 N–H and O–H groups in total. The summed E-state index contributed by atoms with van der Waals surface area (Å²) >= 11 is 0. The maximum atomic E-state index is 13.6. The van der Waals surface area contributed by atoms with Gasteiger partial charge in [-0.05, 0) is 31.5 Å². The third kappa shape index (κ3) is 5.64. The fourth-order valence-electron chi connectivity index (χ4n) is 2.63. The minimum Gasteiger partial charge on any atom is -0.464 e. The van der Waals surface area contributed by atoms with Gasteiger partial charge in [-0.1, -0.05) is 48.5 Å². The first-order valence-electron chi connectivity index (χ1n) is 9.10. The standard InChI is InChI=1S/C21H24NO6P/c1-4-27-29(25,28-5-2)19(16-12-8-6-9-13-16)18(21(24)26-3)22-20(23)17-14-10-7-11-15-17/h6-15H,4-5H2,1-3H3,(H,22,23). The van der Waals surface area contributed by atoms with Crippen LogP contribution < -0.4 is 5.32 Å². The fraction of sp³-hybridized carbons (Fsp3) is 0.238. The van der Waals surface area contributed by atoms with E-state index in [0.29, 0.717) is 11.1 Å². The van der Waals surface area contributed by atoms with Crippen LogP contribution in [0.2, 0.25) is 0 Å². The molecule has 0 heterocycles. The number of benzene rings is 2. The molecule has 0 radical (unpaired) electrons. The van der Waals surface area contributed by atoms with Gasteiger partial charge in [0.15, 0.2) is 0 Å². The summed E-state index contributed by atoms with van der Waals surface area (Å²) in [5.41, 5.74) is 0.438. The summed E-state index contributed by atoms with van der Waals surface area (Å²) in [7, 11) is -2.79. The van der Waals surface area contributed by atoms with Crippen LogP contribution in [0.4, 0.5) is 0 Å². The van der Waals surface area contributed by atoms with Crippen LogP contribution in [0.25, 0.3) is 5.31 Å². The van der Waals surface area contributed by atoms with Gasteiger partial charge in [-0.15, -0.1) is 0 Å². The van der Waals surface area contributed by atoms with E-state index in [0.717, 1.165) is 0 Å². The summed E-state index contributed by atoms with van der Waals surface area (Å²) in [6, 6.07) is 16.8. The van der Waals surface area contributed by atoms with E-state index in [1.807, 2.05) is 0 Å². The largest absolute Gasteiger partial charge is 0.464 e. The molecule has 0 spiro atoms. The van der Waals surface area contributed by atoms with Gasteiger partial charge in [-0.25, -0.2) is 4.79 Å². The van der Waals surface area contributed by atoms with Gasteiger partial charge in [0.2, 0.25) is 0 Å². The lowest BCUT2D eigenvalue weighted by Crippen LogP contribution is -2.29. The van der Waals surface area contributed by atoms with E-state index < -0.39 is 19.5 Å². The molecule has 0 aliphatic rings. The van der Waals surface area contributed by atoms with E-state index >= 15 is 0 Å². The molecule has 29 heavy (non-hydrogen) atoms. The van der Waals surface area contributed by atoms with E-state index in [2.05, 4.69) is 5.32 Å². The first-order chi connectivity index (χ1) is 14.0. The van der Waals surface area contributed by atoms with Crippen molar-refractivity contribution < 1.29 is 27.9 Å². The highest BCUT2D eigenvalue weighted by atomic mass is 31.2. The smallest absolute Gasteiger partial charge is 0.364 e. The van der Waals surface area contributed by atoms with Crippen molar-refractivity contribution in [3.8, 4) is 0 Å². The van der Waals surface area contributed by atoms with Crippen molar-refractivity contribution in [1.82, 2.24) is 5.32 Å². The van der Waals surface area contributed by atoms with Crippen LogP contribution in [0.1, 0.15) is 29.8 Å². The number of methoxy groups -OCH3 is 1. The molecule has 0 aliphatic carbocycles. The second-order valence-corrected chi connectivity index (χ2v) is 7.69. The van der Waals surface area contributed by atoms with Crippen LogP contribution in [0, 0.1) is 0 Å². The van der Waals surface area contributed by atoms with Crippen LogP contribution in [0.3, 0.4) is 0 Å². The van der Waals surface area contributed by atoms with Gasteiger partial charge in [-0.2, -0.15) is 0 Å². The monoisotopic (exact) mass is 417 g/mol. The van der Waals surface area contributed by atoms with Gasteiger partial charge in [0.1, 0.15) is 11.0 Å². The Morgan fingerprint density at radius 3 is 1.79 bits per heavy atom. The Labute approximate surface area is 170 Å². The average molecular weight is 417 g/mol. The predicted octanol–water partition coefficient (Wildman–Crippen LogP) is 4.22. The van der Waals surface area contributed by atoms with E-state index in [1.165, 1.54) is 7.11 Å². The highest BCUT2D eigenvalue weighted by Crippen LogP contribution is 2.61. The number of nitrogens with one attached hydrogen (secondary N) is 1. The summed E-state index contributed by atoms with van der Waals surface area (Å²) in [5, 5.41) is 2.48. The number of ether oxygens (including phenoxy) is 1. The van der Waals surface area contributed by atoms with Crippen molar-refractivity contribution in [3.05, 3.63) is 77.5 Å². The number of amides is 1. The van der Waals surface area contributed by atoms with Gasteiger partial charge < -0.3 is 19.1 Å². The van der Waals surface area contributed by atoms with Gasteiger partial charge in [0.05, 0.1) is 20.3 Å². The molecule has 1 amide bonds. The molecule has 8 heteroatoms. The Hall–Kier alpha value is -2.73. The van der Waals surface area contributed by atoms with Gasteiger partial charge in [0.25, 0.3) is 5.91 Å². The molecule has 2 aromatic rings. The van der Waals surface area contributed by atoms with Crippen molar-refractivity contribution >= 4 is 24.8 Å². The molecule has 154 valence electrons. The number of hydrogen-bond donors (Lipinski definition) is 1. The molecule has 0 unspecified atom stereocenters. The minimum atomic E-state index is -3.96. The van der Waals surface area contributed by atoms with E-state index in [-0.39, 0.29) is 24.2 Å². The van der Waals surface area contributed by atoms with Crippen molar-refractivity contribution in [2.24, 2.45) is 0 Å². The maximum absolute atomic E-state index is 13.6. The third-order valence-electron chi connectivity index (χ3n) is 3.82. The quantitative estimate of drug-likeness (QED) is 0.373. The Kier molecular flexibility index (Phi) is 8.34. The number of carbonyl (C=O) groups excluding carboxylic acids is 2. The molecular weight excluding hydrogens is 393 g/mol. The van der Waals surface area contributed by atoms with Crippen molar-refractivity contribution in [3.63, 3.8) is 0 Å². The average Bonchev–Trinajstić information content (AvgIpc) is 2.74. The molecule has 0 bridgehead atoms. The second kappa shape index (κ2) is 10.7. The molecule has 0 saturated heterocycles. The summed E-state index contributed by atoms with van der Waals surface area (Å²) in [6.45, 7) is 3.48. The minimum absolute atomic E-state index is 0.0575. The molecule has 0 saturated carbocycles. The first kappa shape index (κ1) is 22.6. The lowest BCUT2D eigenvalue weighted by molar-refractivity contribution is -0.136. The molecule has 7 nitrogen and oxygen atoms in total. The molecule has 2 aromatic carbocycles. The van der Waals surface area contributed by atoms with Crippen LogP contribution in [-0.4, -0.2) is 32.2 Å². The fourth-order valence-corrected chi connectivity index (χ4v) is 4.52. The lowest BCUT2D eigenvalue weighted by Gasteiger charge is -2.23. The molecular formula is C21H24NO6P. The highest BCUT2D eigenvalue weighted by Gasteiger charge is 2.37. The van der Waals surface area contributed by atoms with E-state index in [4.69, 9.17) is 13.8 Å². The zero-order valence-electron chi connectivity index (χ0n) is 16.6. The number of carbonyl (C=O) groups is 2. The Balaban J connectivity index is 2.71. The Morgan fingerprint density at radius 1 is 0.862 bits per heavy atom. The Morgan fingerprint density at radius 2 is 1.34 bits per heavy atom. The first-order valence-corrected chi connectivity index (χ1v) is 10.6. The maximum Gasteiger partial charge on any atom is 0.364 e. The van der Waals surface area contributed by atoms with E-state index in [1.54, 1.807) is 74.5 Å². The summed E-state index contributed by atoms with van der Waals surface area (Å²) in [4.78, 5) is 25.4. The highest BCUT2D eigenvalue weighted by molar-refractivity contribution is 7.65.